The molecule has 0 aromatic heterocycles. The Hall–Kier alpha value is -1.06. The minimum atomic E-state index is -0.0666. The van der Waals surface area contributed by atoms with Gasteiger partial charge in [-0.25, -0.2) is 0 Å². The van der Waals surface area contributed by atoms with Gasteiger partial charge in [0.15, 0.2) is 0 Å². The van der Waals surface area contributed by atoms with Crippen molar-refractivity contribution >= 4 is 0 Å². The third-order valence-electron chi connectivity index (χ3n) is 4.72. The Morgan fingerprint density at radius 2 is 1.75 bits per heavy atom. The monoisotopic (exact) mass is 278 g/mol. The first-order valence-electron chi connectivity index (χ1n) is 7.42. The zero-order valence-corrected chi connectivity index (χ0v) is 14.1. The fourth-order valence-corrected chi connectivity index (χ4v) is 3.38. The summed E-state index contributed by atoms with van der Waals surface area (Å²) in [6.07, 6.45) is 2.02. The van der Waals surface area contributed by atoms with Gasteiger partial charge in [-0.1, -0.05) is 19.9 Å². The smallest absolute Gasteiger partial charge is 0.124 e. The summed E-state index contributed by atoms with van der Waals surface area (Å²) in [5.41, 5.74) is 10.2. The van der Waals surface area contributed by atoms with Crippen LogP contribution in [-0.4, -0.2) is 31.6 Å². The molecule has 1 atom stereocenters. The molecule has 114 valence electrons. The molecule has 1 rings (SSSR count). The van der Waals surface area contributed by atoms with Crippen LogP contribution in [0, 0.1) is 13.8 Å². The highest BCUT2D eigenvalue weighted by Gasteiger charge is 2.38. The molecule has 0 saturated carbocycles. The number of hydrogen-bond acceptors (Lipinski definition) is 3. The molecule has 1 unspecified atom stereocenters. The molecule has 0 bridgehead atoms. The molecule has 0 aliphatic rings. The van der Waals surface area contributed by atoms with Crippen LogP contribution in [0.25, 0.3) is 0 Å². The highest BCUT2D eigenvalue weighted by molar-refractivity contribution is 5.46. The van der Waals surface area contributed by atoms with E-state index in [2.05, 4.69) is 58.8 Å². The molecule has 3 nitrogen and oxygen atoms in total. The minimum absolute atomic E-state index is 0.0483. The van der Waals surface area contributed by atoms with Gasteiger partial charge >= 0.3 is 0 Å². The van der Waals surface area contributed by atoms with Crippen molar-refractivity contribution in [3.63, 3.8) is 0 Å². The number of ether oxygens (including phenoxy) is 1. The van der Waals surface area contributed by atoms with Gasteiger partial charge in [0.2, 0.25) is 0 Å². The summed E-state index contributed by atoms with van der Waals surface area (Å²) < 4.78 is 5.59. The maximum atomic E-state index is 6.70. The molecule has 0 aliphatic carbocycles. The predicted molar refractivity (Wildman–Crippen MR) is 86.4 cm³/mol. The van der Waals surface area contributed by atoms with Crippen molar-refractivity contribution in [1.29, 1.82) is 0 Å². The molecular weight excluding hydrogens is 248 g/mol. The quantitative estimate of drug-likeness (QED) is 0.866. The van der Waals surface area contributed by atoms with Crippen molar-refractivity contribution in [2.45, 2.75) is 52.1 Å². The zero-order valence-electron chi connectivity index (χ0n) is 14.1. The average Bonchev–Trinajstić information content (AvgIpc) is 2.39. The zero-order chi connectivity index (χ0) is 15.5. The Morgan fingerprint density at radius 1 is 1.20 bits per heavy atom. The number of benzene rings is 1. The van der Waals surface area contributed by atoms with Crippen LogP contribution in [0.2, 0.25) is 0 Å². The summed E-state index contributed by atoms with van der Waals surface area (Å²) in [5, 5.41) is 0. The number of nitrogens with two attached hydrogens (primary N) is 1. The van der Waals surface area contributed by atoms with E-state index in [0.29, 0.717) is 0 Å². The minimum Gasteiger partial charge on any atom is -0.496 e. The van der Waals surface area contributed by atoms with Gasteiger partial charge in [0, 0.05) is 11.1 Å². The van der Waals surface area contributed by atoms with E-state index in [1.54, 1.807) is 7.11 Å². The first-order valence-corrected chi connectivity index (χ1v) is 7.42. The number of aryl methyl sites for hydroxylation is 2. The molecule has 0 radical (unpaired) electrons. The summed E-state index contributed by atoms with van der Waals surface area (Å²) in [5.74, 6) is 0.906. The highest BCUT2D eigenvalue weighted by atomic mass is 16.5. The summed E-state index contributed by atoms with van der Waals surface area (Å²) in [4.78, 5) is 2.26. The van der Waals surface area contributed by atoms with Crippen LogP contribution in [0.4, 0.5) is 0 Å². The second kappa shape index (κ2) is 6.59. The van der Waals surface area contributed by atoms with Gasteiger partial charge < -0.3 is 15.4 Å². The molecule has 1 aromatic carbocycles. The van der Waals surface area contributed by atoms with Gasteiger partial charge in [-0.15, -0.1) is 0 Å². The Morgan fingerprint density at radius 3 is 2.15 bits per heavy atom. The Labute approximate surface area is 124 Å². The van der Waals surface area contributed by atoms with Gasteiger partial charge in [0.1, 0.15) is 5.75 Å². The molecule has 0 heterocycles. The third kappa shape index (κ3) is 2.84. The highest BCUT2D eigenvalue weighted by Crippen LogP contribution is 2.40. The van der Waals surface area contributed by atoms with Crippen LogP contribution >= 0.6 is 0 Å². The van der Waals surface area contributed by atoms with Crippen LogP contribution in [0.15, 0.2) is 12.1 Å². The first kappa shape index (κ1) is 17.0. The first-order chi connectivity index (χ1) is 9.33. The van der Waals surface area contributed by atoms with E-state index >= 15 is 0 Å². The van der Waals surface area contributed by atoms with E-state index < -0.39 is 0 Å². The number of likely N-dealkylation sites (N-methyl/N-ethyl adjacent to an activating group) is 1. The molecule has 20 heavy (non-hydrogen) atoms. The van der Waals surface area contributed by atoms with Crippen LogP contribution < -0.4 is 10.5 Å². The number of nitrogens with zero attached hydrogens (tertiary/aromatic N) is 1. The van der Waals surface area contributed by atoms with Crippen LogP contribution in [0.5, 0.6) is 5.75 Å². The number of rotatable bonds is 6. The molecule has 2 N–H and O–H groups in total. The largest absolute Gasteiger partial charge is 0.496 e. The van der Waals surface area contributed by atoms with Gasteiger partial charge in [0.05, 0.1) is 13.2 Å². The van der Waals surface area contributed by atoms with Crippen molar-refractivity contribution in [2.24, 2.45) is 5.73 Å². The SMILES string of the molecule is CCC(CC)(C(N)c1c(C)cc(C)cc1OC)N(C)C. The van der Waals surface area contributed by atoms with Gasteiger partial charge in [-0.3, -0.25) is 0 Å². The van der Waals surface area contributed by atoms with Crippen molar-refractivity contribution < 1.29 is 4.74 Å². The third-order valence-corrected chi connectivity index (χ3v) is 4.72. The predicted octanol–water partition coefficient (Wildman–Crippen LogP) is 3.43. The summed E-state index contributed by atoms with van der Waals surface area (Å²) in [7, 11) is 5.95. The fraction of sp³-hybridized carbons (Fsp3) is 0.647. The van der Waals surface area contributed by atoms with Crippen molar-refractivity contribution in [2.75, 3.05) is 21.2 Å². The Bertz CT molecular complexity index is 451. The van der Waals surface area contributed by atoms with E-state index in [9.17, 15) is 0 Å². The van der Waals surface area contributed by atoms with Crippen LogP contribution in [0.1, 0.15) is 49.4 Å². The summed E-state index contributed by atoms with van der Waals surface area (Å²) >= 11 is 0. The van der Waals surface area contributed by atoms with E-state index in [4.69, 9.17) is 10.5 Å². The maximum absolute atomic E-state index is 6.70. The molecule has 0 amide bonds. The lowest BCUT2D eigenvalue weighted by Crippen LogP contribution is -2.51. The number of methoxy groups -OCH3 is 1. The van der Waals surface area contributed by atoms with Crippen LogP contribution in [0.3, 0.4) is 0 Å². The van der Waals surface area contributed by atoms with E-state index in [1.807, 2.05) is 0 Å². The fourth-order valence-electron chi connectivity index (χ4n) is 3.38. The molecule has 0 saturated heterocycles. The van der Waals surface area contributed by atoms with E-state index in [-0.39, 0.29) is 11.6 Å². The van der Waals surface area contributed by atoms with E-state index in [1.165, 1.54) is 11.1 Å². The molecule has 0 aliphatic heterocycles. The maximum Gasteiger partial charge on any atom is 0.124 e. The van der Waals surface area contributed by atoms with Gasteiger partial charge in [-0.05, 0) is 58.0 Å². The molecule has 3 heteroatoms. The molecule has 0 fully saturated rings. The molecule has 0 spiro atoms. The lowest BCUT2D eigenvalue weighted by Gasteiger charge is -2.44. The molecular formula is C17H30N2O. The Balaban J connectivity index is 3.42. The van der Waals surface area contributed by atoms with Crippen molar-refractivity contribution in [3.05, 3.63) is 28.8 Å². The average molecular weight is 278 g/mol. The topological polar surface area (TPSA) is 38.5 Å². The molecule has 1 aromatic rings. The Kier molecular flexibility index (Phi) is 5.60. The van der Waals surface area contributed by atoms with Crippen molar-refractivity contribution in [1.82, 2.24) is 4.90 Å². The van der Waals surface area contributed by atoms with Crippen LogP contribution in [-0.2, 0) is 0 Å². The van der Waals surface area contributed by atoms with Gasteiger partial charge in [-0.2, -0.15) is 0 Å². The lowest BCUT2D eigenvalue weighted by molar-refractivity contribution is 0.104. The van der Waals surface area contributed by atoms with E-state index in [0.717, 1.165) is 24.2 Å². The standard InChI is InChI=1S/C17H30N2O/c1-8-17(9-2,19(5)6)16(18)15-13(4)10-12(3)11-14(15)20-7/h10-11,16H,8-9,18H2,1-7H3. The lowest BCUT2D eigenvalue weighted by atomic mass is 9.78. The number of hydrogen-bond donors (Lipinski definition) is 1. The van der Waals surface area contributed by atoms with Gasteiger partial charge in [0.25, 0.3) is 0 Å². The normalized spacial score (nSPS) is 13.7. The van der Waals surface area contributed by atoms with Crippen molar-refractivity contribution in [3.8, 4) is 5.75 Å². The second-order valence-electron chi connectivity index (χ2n) is 5.88. The summed E-state index contributed by atoms with van der Waals surface area (Å²) in [6, 6.07) is 4.19. The summed E-state index contributed by atoms with van der Waals surface area (Å²) in [6.45, 7) is 8.62. The second-order valence-corrected chi connectivity index (χ2v) is 5.88.